The Labute approximate surface area is 193 Å². The molecule has 1 unspecified atom stereocenters. The van der Waals surface area contributed by atoms with Crippen LogP contribution in [0, 0.1) is 0 Å². The lowest BCUT2D eigenvalue weighted by molar-refractivity contribution is -0.137. The summed E-state index contributed by atoms with van der Waals surface area (Å²) < 4.78 is 6.37. The maximum atomic E-state index is 12.7. The van der Waals surface area contributed by atoms with E-state index in [0.717, 1.165) is 11.1 Å². The number of aliphatic carboxylic acids is 1. The van der Waals surface area contributed by atoms with Gasteiger partial charge in [-0.15, -0.1) is 0 Å². The van der Waals surface area contributed by atoms with Gasteiger partial charge in [0.25, 0.3) is 5.91 Å². The molecule has 0 bridgehead atoms. The van der Waals surface area contributed by atoms with Crippen molar-refractivity contribution in [3.05, 3.63) is 70.6 Å². The van der Waals surface area contributed by atoms with Crippen LogP contribution in [0.1, 0.15) is 30.0 Å². The molecule has 0 radical (unpaired) electrons. The summed E-state index contributed by atoms with van der Waals surface area (Å²) in [6, 6.07) is 16.5. The molecule has 1 atom stereocenters. The van der Waals surface area contributed by atoms with Gasteiger partial charge < -0.3 is 9.84 Å². The van der Waals surface area contributed by atoms with Crippen molar-refractivity contribution < 1.29 is 19.4 Å². The van der Waals surface area contributed by atoms with Crippen LogP contribution in [0.4, 0.5) is 0 Å². The molecule has 1 N–H and O–H groups in total. The monoisotopic (exact) mass is 466 g/mol. The van der Waals surface area contributed by atoms with Gasteiger partial charge in [-0.3, -0.25) is 14.5 Å². The molecule has 2 aliphatic heterocycles. The second kappa shape index (κ2) is 9.84. The quantitative estimate of drug-likeness (QED) is 0.470. The third-order valence-electron chi connectivity index (χ3n) is 4.68. The topological polar surface area (TPSA) is 104 Å². The standard InChI is InChI=1S/C22H18N4O4S2/c27-18(28)10-5-11-26-21(29)17(32-22(26)31)13-14-6-4-9-16(12-14)30-20-19(23-25-24-20)15-7-2-1-3-8-15/h1-4,6-9,12-13,19H,5,10-11H2,(H,27,28)/b17-13-. The third kappa shape index (κ3) is 5.09. The Kier molecular flexibility index (Phi) is 6.72. The molecule has 0 aromatic heterocycles. The van der Waals surface area contributed by atoms with Crippen LogP contribution in [-0.4, -0.2) is 38.6 Å². The predicted molar refractivity (Wildman–Crippen MR) is 125 cm³/mol. The second-order valence-corrected chi connectivity index (χ2v) is 8.64. The van der Waals surface area contributed by atoms with Crippen LogP contribution in [0.15, 0.2) is 74.9 Å². The molecule has 8 nitrogen and oxygen atoms in total. The number of hydrogen-bond donors (Lipinski definition) is 1. The molecular weight excluding hydrogens is 448 g/mol. The first kappa shape index (κ1) is 21.8. The first-order valence-corrected chi connectivity index (χ1v) is 11.0. The molecule has 32 heavy (non-hydrogen) atoms. The predicted octanol–water partition coefficient (Wildman–Crippen LogP) is 4.65. The van der Waals surface area contributed by atoms with Gasteiger partial charge in [-0.2, -0.15) is 5.11 Å². The van der Waals surface area contributed by atoms with Crippen LogP contribution < -0.4 is 4.74 Å². The summed E-state index contributed by atoms with van der Waals surface area (Å²) in [6.07, 6.45) is 2.07. The molecule has 1 fully saturated rings. The number of thioether (sulfide) groups is 1. The molecule has 4 rings (SSSR count). The van der Waals surface area contributed by atoms with Crippen molar-refractivity contribution in [3.63, 3.8) is 0 Å². The van der Waals surface area contributed by atoms with E-state index in [1.54, 1.807) is 18.2 Å². The molecule has 2 aliphatic rings. The van der Waals surface area contributed by atoms with Crippen LogP contribution in [-0.2, 0) is 9.59 Å². The van der Waals surface area contributed by atoms with Gasteiger partial charge in [0, 0.05) is 13.0 Å². The number of hydrogen-bond acceptors (Lipinski definition) is 8. The Bertz CT molecular complexity index is 1150. The largest absolute Gasteiger partial charge is 0.481 e. The first-order valence-electron chi connectivity index (χ1n) is 9.79. The summed E-state index contributed by atoms with van der Waals surface area (Å²) in [5.74, 6) is -0.204. The van der Waals surface area contributed by atoms with E-state index in [2.05, 4.69) is 15.4 Å². The number of thiocarbonyl (C=S) groups is 1. The number of carbonyl (C=O) groups is 2. The van der Waals surface area contributed by atoms with Gasteiger partial charge in [-0.25, -0.2) is 0 Å². The minimum Gasteiger partial charge on any atom is -0.481 e. The van der Waals surface area contributed by atoms with Crippen LogP contribution in [0.5, 0.6) is 5.75 Å². The molecule has 2 heterocycles. The van der Waals surface area contributed by atoms with Crippen molar-refractivity contribution in [2.45, 2.75) is 18.9 Å². The van der Waals surface area contributed by atoms with Gasteiger partial charge in [0.1, 0.15) is 10.1 Å². The van der Waals surface area contributed by atoms with Gasteiger partial charge in [0.15, 0.2) is 6.04 Å². The number of carboxylic acids is 1. The van der Waals surface area contributed by atoms with E-state index in [-0.39, 0.29) is 18.9 Å². The molecule has 162 valence electrons. The van der Waals surface area contributed by atoms with Crippen LogP contribution in [0.25, 0.3) is 6.08 Å². The summed E-state index contributed by atoms with van der Waals surface area (Å²) >= 11 is 6.49. The van der Waals surface area contributed by atoms with E-state index in [1.807, 2.05) is 42.5 Å². The molecule has 0 saturated carbocycles. The number of amides is 1. The first-order chi connectivity index (χ1) is 15.5. The zero-order valence-corrected chi connectivity index (χ0v) is 18.4. The summed E-state index contributed by atoms with van der Waals surface area (Å²) in [7, 11) is 0. The Morgan fingerprint density at radius 1 is 1.22 bits per heavy atom. The van der Waals surface area contributed by atoms with Crippen molar-refractivity contribution in [1.82, 2.24) is 4.90 Å². The lowest BCUT2D eigenvalue weighted by Crippen LogP contribution is -2.29. The molecular formula is C22H18N4O4S2. The minimum absolute atomic E-state index is 0.0120. The van der Waals surface area contributed by atoms with Crippen LogP contribution in [0.3, 0.4) is 0 Å². The summed E-state index contributed by atoms with van der Waals surface area (Å²) in [5.41, 5.74) is 1.69. The second-order valence-electron chi connectivity index (χ2n) is 6.96. The van der Waals surface area contributed by atoms with Gasteiger partial charge in [-0.1, -0.05) is 71.5 Å². The van der Waals surface area contributed by atoms with Gasteiger partial charge in [0.2, 0.25) is 5.90 Å². The maximum absolute atomic E-state index is 12.7. The lowest BCUT2D eigenvalue weighted by Gasteiger charge is -2.13. The zero-order valence-electron chi connectivity index (χ0n) is 16.7. The minimum atomic E-state index is -0.898. The number of nitrogens with zero attached hydrogens (tertiary/aromatic N) is 4. The average molecular weight is 467 g/mol. The highest BCUT2D eigenvalue weighted by atomic mass is 32.2. The van der Waals surface area contributed by atoms with Crippen molar-refractivity contribution in [3.8, 4) is 5.75 Å². The van der Waals surface area contributed by atoms with Crippen molar-refractivity contribution >= 4 is 52.2 Å². The molecule has 2 aromatic rings. The number of carboxylic acid groups (broad SMARTS) is 1. The van der Waals surface area contributed by atoms with Crippen molar-refractivity contribution in [2.24, 2.45) is 15.4 Å². The van der Waals surface area contributed by atoms with Crippen molar-refractivity contribution in [1.29, 1.82) is 0 Å². The molecule has 10 heteroatoms. The number of carbonyl (C=O) groups excluding carboxylic acids is 1. The molecule has 2 aromatic carbocycles. The Morgan fingerprint density at radius 2 is 2.03 bits per heavy atom. The number of benzene rings is 2. The Hall–Kier alpha value is -3.37. The highest BCUT2D eigenvalue weighted by molar-refractivity contribution is 8.26. The lowest BCUT2D eigenvalue weighted by atomic mass is 10.1. The summed E-state index contributed by atoms with van der Waals surface area (Å²) in [5, 5.41) is 20.7. The average Bonchev–Trinajstić information content (AvgIpc) is 3.34. The van der Waals surface area contributed by atoms with Crippen LogP contribution in [0.2, 0.25) is 0 Å². The summed E-state index contributed by atoms with van der Waals surface area (Å²) in [6.45, 7) is 0.283. The van der Waals surface area contributed by atoms with E-state index >= 15 is 0 Å². The van der Waals surface area contributed by atoms with E-state index in [4.69, 9.17) is 22.1 Å². The molecule has 1 saturated heterocycles. The molecule has 0 aliphatic carbocycles. The Balaban J connectivity index is 1.45. The fraction of sp³-hybridized carbons (Fsp3) is 0.182. The van der Waals surface area contributed by atoms with E-state index in [9.17, 15) is 9.59 Å². The smallest absolute Gasteiger partial charge is 0.303 e. The fourth-order valence-electron chi connectivity index (χ4n) is 3.17. The van der Waals surface area contributed by atoms with Gasteiger partial charge >= 0.3 is 5.97 Å². The zero-order chi connectivity index (χ0) is 22.5. The maximum Gasteiger partial charge on any atom is 0.303 e. The SMILES string of the molecule is O=C(O)CCCN1C(=O)/C(=C/c2cccc(OC3=NN=NC3c3ccccc3)c2)SC1=S. The Morgan fingerprint density at radius 3 is 2.81 bits per heavy atom. The fourth-order valence-corrected chi connectivity index (χ4v) is 4.48. The van der Waals surface area contributed by atoms with Crippen molar-refractivity contribution in [2.75, 3.05) is 6.54 Å². The van der Waals surface area contributed by atoms with Gasteiger partial charge in [-0.05, 0) is 41.0 Å². The van der Waals surface area contributed by atoms with Crippen LogP contribution >= 0.6 is 24.0 Å². The van der Waals surface area contributed by atoms with E-state index < -0.39 is 12.0 Å². The number of ether oxygens (including phenoxy) is 1. The van der Waals surface area contributed by atoms with E-state index in [1.165, 1.54) is 16.7 Å². The highest BCUT2D eigenvalue weighted by Crippen LogP contribution is 2.33. The van der Waals surface area contributed by atoms with E-state index in [0.29, 0.717) is 27.3 Å². The third-order valence-corrected chi connectivity index (χ3v) is 6.06. The summed E-state index contributed by atoms with van der Waals surface area (Å²) in [4.78, 5) is 25.3. The molecule has 1 amide bonds. The van der Waals surface area contributed by atoms with Gasteiger partial charge in [0.05, 0.1) is 4.91 Å². The molecule has 0 spiro atoms. The highest BCUT2D eigenvalue weighted by Gasteiger charge is 2.31. The number of rotatable bonds is 7. The normalized spacial score (nSPS) is 19.0.